The molecule has 0 amide bonds. The van der Waals surface area contributed by atoms with Gasteiger partial charge in [0.05, 0.1) is 0 Å². The van der Waals surface area contributed by atoms with Crippen LogP contribution in [0.5, 0.6) is 0 Å². The van der Waals surface area contributed by atoms with Crippen molar-refractivity contribution in [2.75, 3.05) is 5.73 Å². The maximum Gasteiger partial charge on any atom is 0.0346 e. The molecule has 0 atom stereocenters. The lowest BCUT2D eigenvalue weighted by Gasteiger charge is -2.00. The van der Waals surface area contributed by atoms with Crippen LogP contribution in [-0.2, 0) is 0 Å². The highest BCUT2D eigenvalue weighted by molar-refractivity contribution is 15.0. The van der Waals surface area contributed by atoms with Crippen LogP contribution in [0, 0.1) is 13.8 Å². The molecule has 0 aliphatic carbocycles. The number of benzene rings is 1. The van der Waals surface area contributed by atoms with Crippen molar-refractivity contribution in [3.05, 3.63) is 29.3 Å². The molecular formula is C8H11I2N. The Morgan fingerprint density at radius 2 is 1.73 bits per heavy atom. The van der Waals surface area contributed by atoms with Crippen molar-refractivity contribution >= 4 is 42.9 Å². The molecule has 0 radical (unpaired) electrons. The maximum absolute atomic E-state index is 5.62. The molecular weight excluding hydrogens is 364 g/mol. The molecule has 11 heavy (non-hydrogen) atoms. The van der Waals surface area contributed by atoms with Crippen LogP contribution in [-0.4, -0.2) is 0 Å². The molecule has 3 heteroatoms. The van der Waals surface area contributed by atoms with Gasteiger partial charge in [0.1, 0.15) is 0 Å². The number of hydrogen-bond donors (Lipinski definition) is 1. The molecule has 62 valence electrons. The summed E-state index contributed by atoms with van der Waals surface area (Å²) in [4.78, 5) is 0. The van der Waals surface area contributed by atoms with Gasteiger partial charge in [-0.3, -0.25) is 0 Å². The van der Waals surface area contributed by atoms with E-state index in [0.29, 0.717) is 0 Å². The van der Waals surface area contributed by atoms with E-state index in [4.69, 9.17) is 5.73 Å². The first kappa shape index (κ1) is 11.5. The van der Waals surface area contributed by atoms with Crippen LogP contribution in [0.3, 0.4) is 0 Å². The normalized spacial score (nSPS) is 8.36. The van der Waals surface area contributed by atoms with E-state index in [2.05, 4.69) is 50.2 Å². The topological polar surface area (TPSA) is 26.0 Å². The van der Waals surface area contributed by atoms with Crippen LogP contribution in [0.1, 0.15) is 11.1 Å². The fourth-order valence-corrected chi connectivity index (χ4v) is 0.774. The molecule has 0 heterocycles. The first-order valence-corrected chi connectivity index (χ1v) is 9.46. The highest BCUT2D eigenvalue weighted by Gasteiger charge is 1.92. The summed E-state index contributed by atoms with van der Waals surface area (Å²) in [5.41, 5.74) is 8.96. The van der Waals surface area contributed by atoms with Crippen molar-refractivity contribution in [1.29, 1.82) is 0 Å². The fourth-order valence-electron chi connectivity index (χ4n) is 0.774. The first-order chi connectivity index (χ1) is 5.22. The average Bonchev–Trinajstić information content (AvgIpc) is 2.04. The predicted octanol–water partition coefficient (Wildman–Crippen LogP) is 3.66. The Balaban J connectivity index is 0.000000461. The molecule has 1 nitrogen and oxygen atoms in total. The Bertz CT molecular complexity index is 203. The van der Waals surface area contributed by atoms with Gasteiger partial charge in [0, 0.05) is 42.9 Å². The molecule has 1 rings (SSSR count). The molecule has 0 fully saturated rings. The van der Waals surface area contributed by atoms with Crippen molar-refractivity contribution in [1.82, 2.24) is 0 Å². The Hall–Kier alpha value is 0.480. The summed E-state index contributed by atoms with van der Waals surface area (Å²) >= 11 is 4.24. The maximum atomic E-state index is 5.62. The zero-order chi connectivity index (χ0) is 8.85. The van der Waals surface area contributed by atoms with Crippen LogP contribution in [0.15, 0.2) is 18.2 Å². The van der Waals surface area contributed by atoms with Gasteiger partial charge in [0.2, 0.25) is 0 Å². The number of aryl methyl sites for hydroxylation is 1. The molecule has 2 N–H and O–H groups in total. The highest BCUT2D eigenvalue weighted by atomic mass is 128. The lowest BCUT2D eigenvalue weighted by molar-refractivity contribution is 1.35. The number of halogens is 2. The van der Waals surface area contributed by atoms with Gasteiger partial charge in [0.15, 0.2) is 0 Å². The largest absolute Gasteiger partial charge is 0.399 e. The average molecular weight is 375 g/mol. The monoisotopic (exact) mass is 375 g/mol. The number of nitrogens with two attached hydrogens (primary N) is 1. The van der Waals surface area contributed by atoms with Crippen molar-refractivity contribution < 1.29 is 0 Å². The summed E-state index contributed by atoms with van der Waals surface area (Å²) in [6.07, 6.45) is 0. The summed E-state index contributed by atoms with van der Waals surface area (Å²) in [7, 11) is 0. The molecule has 0 saturated heterocycles. The number of hydrogen-bond acceptors (Lipinski definition) is 1. The van der Waals surface area contributed by atoms with Crippen molar-refractivity contribution in [2.45, 2.75) is 13.8 Å². The second-order valence-electron chi connectivity index (χ2n) is 2.29. The minimum Gasteiger partial charge on any atom is -0.399 e. The Morgan fingerprint density at radius 3 is 2.09 bits per heavy atom. The van der Waals surface area contributed by atoms with Gasteiger partial charge < -0.3 is 5.73 Å². The van der Waals surface area contributed by atoms with E-state index >= 15 is 0 Å². The van der Waals surface area contributed by atoms with E-state index < -0.39 is 0 Å². The van der Waals surface area contributed by atoms with Gasteiger partial charge in [-0.15, -0.1) is 0 Å². The van der Waals surface area contributed by atoms with E-state index in [1.165, 1.54) is 11.1 Å². The number of anilines is 1. The van der Waals surface area contributed by atoms with Crippen LogP contribution < -0.4 is 5.73 Å². The minimum absolute atomic E-state index is 0.884. The van der Waals surface area contributed by atoms with Gasteiger partial charge in [-0.05, 0) is 31.0 Å². The highest BCUT2D eigenvalue weighted by Crippen LogP contribution is 2.13. The van der Waals surface area contributed by atoms with Crippen molar-refractivity contribution in [3.63, 3.8) is 0 Å². The summed E-state index contributed by atoms with van der Waals surface area (Å²) in [6.45, 7) is 4.09. The lowest BCUT2D eigenvalue weighted by Crippen LogP contribution is -1.90. The van der Waals surface area contributed by atoms with E-state index in [-0.39, 0.29) is 0 Å². The third kappa shape index (κ3) is 3.59. The molecule has 0 spiro atoms. The zero-order valence-corrected chi connectivity index (χ0v) is 10.9. The Labute approximate surface area is 91.1 Å². The molecule has 0 saturated carbocycles. The SMILES string of the molecule is Cc1cccc(N)c1C.II. The van der Waals surface area contributed by atoms with E-state index in [1.54, 1.807) is 0 Å². The van der Waals surface area contributed by atoms with Crippen LogP contribution in [0.4, 0.5) is 5.69 Å². The summed E-state index contributed by atoms with van der Waals surface area (Å²) in [5, 5.41) is 0. The van der Waals surface area contributed by atoms with Crippen molar-refractivity contribution in [2.24, 2.45) is 0 Å². The number of nitrogen functional groups attached to an aromatic ring is 1. The molecule has 1 aromatic carbocycles. The standard InChI is InChI=1S/C8H11N.I2/c1-6-4-3-5-8(9)7(6)2;1-2/h3-5H,9H2,1-2H3;. The summed E-state index contributed by atoms with van der Waals surface area (Å²) < 4.78 is 0. The molecule has 1 aromatic rings. The quantitative estimate of drug-likeness (QED) is 0.544. The smallest absolute Gasteiger partial charge is 0.0346 e. The molecule has 0 aromatic heterocycles. The third-order valence-electron chi connectivity index (χ3n) is 1.65. The van der Waals surface area contributed by atoms with Crippen molar-refractivity contribution in [3.8, 4) is 0 Å². The lowest BCUT2D eigenvalue weighted by atomic mass is 10.1. The predicted molar refractivity (Wildman–Crippen MR) is 68.4 cm³/mol. The van der Waals surface area contributed by atoms with E-state index in [9.17, 15) is 0 Å². The third-order valence-corrected chi connectivity index (χ3v) is 1.65. The van der Waals surface area contributed by atoms with Gasteiger partial charge in [-0.2, -0.15) is 0 Å². The van der Waals surface area contributed by atoms with Gasteiger partial charge >= 0.3 is 0 Å². The Morgan fingerprint density at radius 1 is 1.18 bits per heavy atom. The fraction of sp³-hybridized carbons (Fsp3) is 0.250. The second-order valence-corrected chi connectivity index (χ2v) is 2.29. The van der Waals surface area contributed by atoms with E-state index in [1.807, 2.05) is 19.1 Å². The Kier molecular flexibility index (Phi) is 6.31. The van der Waals surface area contributed by atoms with Gasteiger partial charge in [-0.25, -0.2) is 0 Å². The van der Waals surface area contributed by atoms with Gasteiger partial charge in [0.25, 0.3) is 0 Å². The zero-order valence-electron chi connectivity index (χ0n) is 6.57. The second kappa shape index (κ2) is 6.05. The number of rotatable bonds is 0. The van der Waals surface area contributed by atoms with E-state index in [0.717, 1.165) is 5.69 Å². The van der Waals surface area contributed by atoms with Crippen LogP contribution >= 0.6 is 37.2 Å². The first-order valence-electron chi connectivity index (χ1n) is 3.18. The molecule has 0 aliphatic heterocycles. The van der Waals surface area contributed by atoms with Gasteiger partial charge in [-0.1, -0.05) is 12.1 Å². The summed E-state index contributed by atoms with van der Waals surface area (Å²) in [5.74, 6) is 0. The minimum atomic E-state index is 0.884. The molecule has 0 bridgehead atoms. The summed E-state index contributed by atoms with van der Waals surface area (Å²) in [6, 6.07) is 5.95. The van der Waals surface area contributed by atoms with Crippen LogP contribution in [0.25, 0.3) is 0 Å². The molecule has 0 unspecified atom stereocenters. The van der Waals surface area contributed by atoms with Crippen LogP contribution in [0.2, 0.25) is 0 Å². The molecule has 0 aliphatic rings.